The van der Waals surface area contributed by atoms with Crippen LogP contribution in [-0.2, 0) is 18.0 Å². The van der Waals surface area contributed by atoms with Gasteiger partial charge in [-0.25, -0.2) is 4.98 Å². The van der Waals surface area contributed by atoms with Crippen LogP contribution < -0.4 is 11.1 Å². The number of anilines is 1. The van der Waals surface area contributed by atoms with Gasteiger partial charge in [-0.1, -0.05) is 11.6 Å². The number of nitrogens with zero attached hydrogens (tertiary/aromatic N) is 5. The van der Waals surface area contributed by atoms with Crippen LogP contribution in [0.4, 0.5) is 18.9 Å². The van der Waals surface area contributed by atoms with Crippen molar-refractivity contribution >= 4 is 50.7 Å². The topological polar surface area (TPSA) is 121 Å². The SMILES string of the molecule is Cc1c(-c2cc(C(F)(F)F)nc3sc(C(N)=O)c(NC(=O)C(C)n4ncc(Cl)c4C)c23)cnn1C. The van der Waals surface area contributed by atoms with E-state index in [-0.39, 0.29) is 26.3 Å². The van der Waals surface area contributed by atoms with Crippen molar-refractivity contribution in [2.75, 3.05) is 5.32 Å². The van der Waals surface area contributed by atoms with Gasteiger partial charge in [-0.15, -0.1) is 11.3 Å². The molecule has 0 aliphatic rings. The third-order valence-corrected chi connectivity index (χ3v) is 7.15. The van der Waals surface area contributed by atoms with Gasteiger partial charge in [-0.05, 0) is 32.4 Å². The Morgan fingerprint density at radius 1 is 1.17 bits per heavy atom. The number of carbonyl (C=O) groups is 2. The molecule has 0 aromatic carbocycles. The molecule has 1 unspecified atom stereocenters. The fourth-order valence-electron chi connectivity index (χ4n) is 3.64. The summed E-state index contributed by atoms with van der Waals surface area (Å²) in [5.74, 6) is -1.50. The van der Waals surface area contributed by atoms with Crippen LogP contribution in [0.15, 0.2) is 18.5 Å². The molecule has 4 rings (SSSR count). The molecule has 184 valence electrons. The minimum Gasteiger partial charge on any atom is -0.365 e. The summed E-state index contributed by atoms with van der Waals surface area (Å²) in [6.45, 7) is 4.93. The first-order chi connectivity index (χ1) is 16.3. The predicted molar refractivity (Wildman–Crippen MR) is 125 cm³/mol. The van der Waals surface area contributed by atoms with Gasteiger partial charge in [0.05, 0.1) is 28.8 Å². The van der Waals surface area contributed by atoms with Gasteiger partial charge in [0.1, 0.15) is 21.4 Å². The number of aryl methyl sites for hydroxylation is 1. The maximum atomic E-state index is 13.7. The Balaban J connectivity index is 1.95. The lowest BCUT2D eigenvalue weighted by molar-refractivity contribution is -0.140. The molecular formula is C21H19ClF3N7O2S. The summed E-state index contributed by atoms with van der Waals surface area (Å²) in [7, 11) is 1.65. The monoisotopic (exact) mass is 525 g/mol. The van der Waals surface area contributed by atoms with Crippen molar-refractivity contribution in [1.29, 1.82) is 0 Å². The van der Waals surface area contributed by atoms with Crippen molar-refractivity contribution in [3.8, 4) is 11.1 Å². The van der Waals surface area contributed by atoms with Crippen molar-refractivity contribution in [2.24, 2.45) is 12.8 Å². The Morgan fingerprint density at radius 3 is 2.37 bits per heavy atom. The lowest BCUT2D eigenvalue weighted by atomic mass is 10.0. The molecule has 0 bridgehead atoms. The average Bonchev–Trinajstić information content (AvgIpc) is 3.43. The van der Waals surface area contributed by atoms with Gasteiger partial charge in [0.25, 0.3) is 5.91 Å². The number of hydrogen-bond acceptors (Lipinski definition) is 6. The minimum atomic E-state index is -4.75. The van der Waals surface area contributed by atoms with Crippen LogP contribution in [0.2, 0.25) is 5.02 Å². The molecule has 0 spiro atoms. The Kier molecular flexibility index (Phi) is 6.09. The summed E-state index contributed by atoms with van der Waals surface area (Å²) in [6, 6.07) is 0.0181. The quantitative estimate of drug-likeness (QED) is 0.398. The summed E-state index contributed by atoms with van der Waals surface area (Å²) >= 11 is 6.71. The number of aromatic nitrogens is 5. The molecule has 4 aromatic rings. The zero-order valence-corrected chi connectivity index (χ0v) is 20.4. The van der Waals surface area contributed by atoms with E-state index in [0.717, 1.165) is 6.07 Å². The number of nitrogens with two attached hydrogens (primary N) is 1. The lowest BCUT2D eigenvalue weighted by Crippen LogP contribution is -2.26. The van der Waals surface area contributed by atoms with E-state index >= 15 is 0 Å². The zero-order chi connectivity index (χ0) is 25.8. The summed E-state index contributed by atoms with van der Waals surface area (Å²) in [5, 5.41) is 11.4. The molecule has 35 heavy (non-hydrogen) atoms. The van der Waals surface area contributed by atoms with Gasteiger partial charge in [0.15, 0.2) is 0 Å². The first kappa shape index (κ1) is 24.7. The van der Waals surface area contributed by atoms with E-state index in [2.05, 4.69) is 20.5 Å². The van der Waals surface area contributed by atoms with Crippen LogP contribution in [0.3, 0.4) is 0 Å². The number of carbonyl (C=O) groups excluding carboxylic acids is 2. The van der Waals surface area contributed by atoms with Gasteiger partial charge in [-0.3, -0.25) is 19.0 Å². The fraction of sp³-hybridized carbons (Fsp3) is 0.286. The van der Waals surface area contributed by atoms with E-state index in [4.69, 9.17) is 17.3 Å². The molecule has 0 fully saturated rings. The summed E-state index contributed by atoms with van der Waals surface area (Å²) in [4.78, 5) is 28.9. The van der Waals surface area contributed by atoms with Crippen LogP contribution in [0.25, 0.3) is 21.3 Å². The number of alkyl halides is 3. The van der Waals surface area contributed by atoms with Crippen LogP contribution in [0.1, 0.15) is 39.7 Å². The third kappa shape index (κ3) is 4.25. The van der Waals surface area contributed by atoms with Crippen LogP contribution in [-0.4, -0.2) is 36.4 Å². The molecule has 0 aliphatic heterocycles. The van der Waals surface area contributed by atoms with Crippen molar-refractivity contribution in [1.82, 2.24) is 24.5 Å². The Labute approximate surface area is 205 Å². The second-order valence-electron chi connectivity index (χ2n) is 7.86. The van der Waals surface area contributed by atoms with Crippen LogP contribution in [0.5, 0.6) is 0 Å². The Hall–Kier alpha value is -3.45. The highest BCUT2D eigenvalue weighted by Crippen LogP contribution is 2.44. The van der Waals surface area contributed by atoms with Crippen LogP contribution >= 0.6 is 22.9 Å². The normalized spacial score (nSPS) is 12.8. The van der Waals surface area contributed by atoms with Crippen molar-refractivity contribution in [2.45, 2.75) is 33.0 Å². The van der Waals surface area contributed by atoms with Gasteiger partial charge >= 0.3 is 6.18 Å². The molecule has 0 saturated heterocycles. The highest BCUT2D eigenvalue weighted by molar-refractivity contribution is 7.21. The smallest absolute Gasteiger partial charge is 0.365 e. The number of pyridine rings is 1. The van der Waals surface area contributed by atoms with Gasteiger partial charge < -0.3 is 11.1 Å². The summed E-state index contributed by atoms with van der Waals surface area (Å²) in [5.41, 5.74) is 5.98. The highest BCUT2D eigenvalue weighted by atomic mass is 35.5. The van der Waals surface area contributed by atoms with Gasteiger partial charge in [-0.2, -0.15) is 23.4 Å². The molecule has 14 heteroatoms. The molecule has 0 saturated carbocycles. The van der Waals surface area contributed by atoms with E-state index in [1.165, 1.54) is 21.8 Å². The maximum Gasteiger partial charge on any atom is 0.433 e. The molecule has 0 radical (unpaired) electrons. The van der Waals surface area contributed by atoms with Gasteiger partial charge in [0.2, 0.25) is 5.91 Å². The fourth-order valence-corrected chi connectivity index (χ4v) is 4.78. The largest absolute Gasteiger partial charge is 0.433 e. The molecule has 4 aromatic heterocycles. The maximum absolute atomic E-state index is 13.7. The Morgan fingerprint density at radius 2 is 1.86 bits per heavy atom. The second-order valence-corrected chi connectivity index (χ2v) is 9.26. The molecule has 9 nitrogen and oxygen atoms in total. The third-order valence-electron chi connectivity index (χ3n) is 5.68. The number of rotatable bonds is 5. The van der Waals surface area contributed by atoms with Crippen molar-refractivity contribution < 1.29 is 22.8 Å². The molecule has 2 amide bonds. The number of hydrogen-bond donors (Lipinski definition) is 2. The van der Waals surface area contributed by atoms with E-state index in [0.29, 0.717) is 33.3 Å². The zero-order valence-electron chi connectivity index (χ0n) is 18.9. The van der Waals surface area contributed by atoms with Crippen LogP contribution in [0, 0.1) is 13.8 Å². The predicted octanol–water partition coefficient (Wildman–Crippen LogP) is 4.48. The number of primary amides is 1. The number of fused-ring (bicyclic) bond motifs is 1. The number of amides is 2. The number of thiophene rings is 1. The molecular weight excluding hydrogens is 507 g/mol. The standard InChI is InChI=1S/C21H19ClF3N7O2S/c1-8-12(6-27-31(8)4)11-5-14(21(23,24)25)29-20-15(11)16(17(35-20)18(26)33)30-19(34)10(3)32-9(2)13(22)7-28-32/h5-7,10H,1-4H3,(H2,26,33)(H,30,34). The molecule has 4 heterocycles. The lowest BCUT2D eigenvalue weighted by Gasteiger charge is -2.16. The summed E-state index contributed by atoms with van der Waals surface area (Å²) in [6.07, 6.45) is -1.94. The molecule has 0 aliphatic carbocycles. The average molecular weight is 526 g/mol. The Bertz CT molecular complexity index is 1490. The van der Waals surface area contributed by atoms with E-state index < -0.39 is 29.7 Å². The highest BCUT2D eigenvalue weighted by Gasteiger charge is 2.35. The second kappa shape index (κ2) is 8.64. The van der Waals surface area contributed by atoms with Crippen molar-refractivity contribution in [3.63, 3.8) is 0 Å². The van der Waals surface area contributed by atoms with E-state index in [1.54, 1.807) is 27.8 Å². The number of halogens is 4. The van der Waals surface area contributed by atoms with E-state index in [9.17, 15) is 22.8 Å². The minimum absolute atomic E-state index is 0.0234. The van der Waals surface area contributed by atoms with Gasteiger partial charge in [0, 0.05) is 23.7 Å². The summed E-state index contributed by atoms with van der Waals surface area (Å²) < 4.78 is 43.9. The van der Waals surface area contributed by atoms with E-state index in [1.807, 2.05) is 0 Å². The first-order valence-corrected chi connectivity index (χ1v) is 11.3. The first-order valence-electron chi connectivity index (χ1n) is 10.1. The molecule has 1 atom stereocenters. The van der Waals surface area contributed by atoms with Crippen molar-refractivity contribution in [3.05, 3.63) is 45.4 Å². The number of nitrogens with one attached hydrogen (secondary N) is 1. The molecule has 3 N–H and O–H groups in total.